The Hall–Kier alpha value is -2.32. The molecule has 0 saturated carbocycles. The molecule has 0 aliphatic carbocycles. The number of alkyl halides is 2. The van der Waals surface area contributed by atoms with Gasteiger partial charge in [-0.3, -0.25) is 10.1 Å². The van der Waals surface area contributed by atoms with Gasteiger partial charge in [0.25, 0.3) is 0 Å². The van der Waals surface area contributed by atoms with Gasteiger partial charge in [0.15, 0.2) is 5.82 Å². The van der Waals surface area contributed by atoms with Crippen LogP contribution in [0.1, 0.15) is 10.4 Å². The maximum atomic E-state index is 13.4. The highest BCUT2D eigenvalue weighted by Gasteiger charge is 2.27. The van der Waals surface area contributed by atoms with E-state index in [2.05, 4.69) is 4.74 Å². The molecule has 1 aromatic rings. The summed E-state index contributed by atoms with van der Waals surface area (Å²) in [4.78, 5) is 19.7. The molecule has 17 heavy (non-hydrogen) atoms. The van der Waals surface area contributed by atoms with Gasteiger partial charge in [-0.25, -0.2) is 9.18 Å². The van der Waals surface area contributed by atoms with Crippen molar-refractivity contribution in [2.75, 3.05) is 0 Å². The van der Waals surface area contributed by atoms with Crippen molar-refractivity contribution in [1.29, 1.82) is 0 Å². The zero-order valence-corrected chi connectivity index (χ0v) is 7.89. The summed E-state index contributed by atoms with van der Waals surface area (Å²) in [6, 6.07) is 1.17. The maximum Gasteiger partial charge on any atom is 0.387 e. The Balaban J connectivity index is 3.41. The van der Waals surface area contributed by atoms with E-state index in [9.17, 15) is 28.1 Å². The van der Waals surface area contributed by atoms with E-state index in [1.54, 1.807) is 0 Å². The summed E-state index contributed by atoms with van der Waals surface area (Å²) in [5.74, 6) is -4.87. The monoisotopic (exact) mass is 251 g/mol. The minimum atomic E-state index is -3.51. The fourth-order valence-corrected chi connectivity index (χ4v) is 1.06. The second-order valence-electron chi connectivity index (χ2n) is 2.72. The summed E-state index contributed by atoms with van der Waals surface area (Å²) in [5, 5.41) is 18.9. The van der Waals surface area contributed by atoms with Crippen LogP contribution in [0.4, 0.5) is 18.9 Å². The molecule has 0 fully saturated rings. The van der Waals surface area contributed by atoms with Crippen LogP contribution in [0.3, 0.4) is 0 Å². The smallest absolute Gasteiger partial charge is 0.387 e. The first-order valence-electron chi connectivity index (χ1n) is 3.99. The second kappa shape index (κ2) is 4.68. The predicted molar refractivity (Wildman–Crippen MR) is 46.6 cm³/mol. The molecule has 0 amide bonds. The highest BCUT2D eigenvalue weighted by atomic mass is 19.3. The third kappa shape index (κ3) is 2.62. The number of carboxylic acid groups (broad SMARTS) is 1. The summed E-state index contributed by atoms with van der Waals surface area (Å²) >= 11 is 0. The molecule has 0 atom stereocenters. The van der Waals surface area contributed by atoms with Crippen molar-refractivity contribution in [3.8, 4) is 5.75 Å². The number of ether oxygens (including phenoxy) is 1. The Morgan fingerprint density at radius 2 is 2.06 bits per heavy atom. The highest BCUT2D eigenvalue weighted by Crippen LogP contribution is 2.33. The first-order chi connectivity index (χ1) is 7.84. The standard InChI is InChI=1S/C8H4F3NO5/c9-5-3(7(13)14)1-2-4(12(15)16)6(5)17-8(10)11/h1-2,8H,(H,13,14). The van der Waals surface area contributed by atoms with Gasteiger partial charge in [-0.15, -0.1) is 0 Å². The van der Waals surface area contributed by atoms with E-state index in [1.807, 2.05) is 0 Å². The van der Waals surface area contributed by atoms with E-state index in [4.69, 9.17) is 5.11 Å². The van der Waals surface area contributed by atoms with Crippen LogP contribution in [-0.4, -0.2) is 22.6 Å². The van der Waals surface area contributed by atoms with Gasteiger partial charge in [-0.2, -0.15) is 8.78 Å². The molecule has 0 aliphatic heterocycles. The van der Waals surface area contributed by atoms with E-state index in [0.717, 1.165) is 0 Å². The molecular weight excluding hydrogens is 247 g/mol. The van der Waals surface area contributed by atoms with Gasteiger partial charge >= 0.3 is 18.3 Å². The lowest BCUT2D eigenvalue weighted by atomic mass is 10.1. The summed E-state index contributed by atoms with van der Waals surface area (Å²) in [7, 11) is 0. The molecule has 0 bridgehead atoms. The van der Waals surface area contributed by atoms with Gasteiger partial charge in [0, 0.05) is 6.07 Å². The van der Waals surface area contributed by atoms with Crippen molar-refractivity contribution in [3.05, 3.63) is 33.6 Å². The lowest BCUT2D eigenvalue weighted by Crippen LogP contribution is -2.10. The third-order valence-corrected chi connectivity index (χ3v) is 1.71. The Bertz CT molecular complexity index is 476. The molecule has 6 nitrogen and oxygen atoms in total. The van der Waals surface area contributed by atoms with Crippen LogP contribution in [-0.2, 0) is 0 Å². The molecule has 1 rings (SSSR count). The van der Waals surface area contributed by atoms with Crippen LogP contribution in [0.15, 0.2) is 12.1 Å². The molecular formula is C8H4F3NO5. The minimum Gasteiger partial charge on any atom is -0.478 e. The molecule has 0 heterocycles. The molecule has 0 aliphatic rings. The summed E-state index contributed by atoms with van der Waals surface area (Å²) in [6.45, 7) is -3.51. The van der Waals surface area contributed by atoms with Gasteiger partial charge in [0.2, 0.25) is 5.75 Å². The number of nitro benzene ring substituents is 1. The Kier molecular flexibility index (Phi) is 3.51. The van der Waals surface area contributed by atoms with Crippen molar-refractivity contribution in [1.82, 2.24) is 0 Å². The number of nitro groups is 1. The van der Waals surface area contributed by atoms with Gasteiger partial charge in [-0.05, 0) is 6.07 Å². The topological polar surface area (TPSA) is 89.7 Å². The number of hydrogen-bond donors (Lipinski definition) is 1. The molecule has 0 aromatic heterocycles. The first kappa shape index (κ1) is 12.7. The van der Waals surface area contributed by atoms with E-state index < -0.39 is 40.3 Å². The fourth-order valence-electron chi connectivity index (χ4n) is 1.06. The summed E-state index contributed by atoms with van der Waals surface area (Å²) in [5.41, 5.74) is -2.07. The molecule has 1 aromatic carbocycles. The molecule has 0 spiro atoms. The summed E-state index contributed by atoms with van der Waals surface area (Å²) < 4.78 is 40.8. The SMILES string of the molecule is O=C(O)c1ccc([N+](=O)[O-])c(OC(F)F)c1F. The average molecular weight is 251 g/mol. The number of halogens is 3. The third-order valence-electron chi connectivity index (χ3n) is 1.71. The molecule has 0 saturated heterocycles. The average Bonchev–Trinajstić information content (AvgIpc) is 2.19. The Morgan fingerprint density at radius 3 is 2.47 bits per heavy atom. The molecule has 0 radical (unpaired) electrons. The number of aromatic carboxylic acids is 1. The fraction of sp³-hybridized carbons (Fsp3) is 0.125. The van der Waals surface area contributed by atoms with Crippen LogP contribution in [0.2, 0.25) is 0 Å². The zero-order chi connectivity index (χ0) is 13.2. The van der Waals surface area contributed by atoms with Gasteiger partial charge in [-0.1, -0.05) is 0 Å². The highest BCUT2D eigenvalue weighted by molar-refractivity contribution is 5.89. The van der Waals surface area contributed by atoms with Crippen LogP contribution < -0.4 is 4.74 Å². The number of benzene rings is 1. The van der Waals surface area contributed by atoms with Crippen LogP contribution in [0.5, 0.6) is 5.75 Å². The zero-order valence-electron chi connectivity index (χ0n) is 7.89. The van der Waals surface area contributed by atoms with Crippen molar-refractivity contribution in [2.45, 2.75) is 6.61 Å². The predicted octanol–water partition coefficient (Wildman–Crippen LogP) is 2.03. The Labute approximate surface area is 91.4 Å². The molecule has 9 heteroatoms. The lowest BCUT2D eigenvalue weighted by Gasteiger charge is -2.07. The van der Waals surface area contributed by atoms with E-state index in [-0.39, 0.29) is 0 Å². The lowest BCUT2D eigenvalue weighted by molar-refractivity contribution is -0.386. The van der Waals surface area contributed by atoms with Gasteiger partial charge < -0.3 is 9.84 Å². The van der Waals surface area contributed by atoms with Crippen molar-refractivity contribution in [2.24, 2.45) is 0 Å². The summed E-state index contributed by atoms with van der Waals surface area (Å²) in [6.07, 6.45) is 0. The number of hydrogen-bond acceptors (Lipinski definition) is 4. The number of nitrogens with zero attached hydrogens (tertiary/aromatic N) is 1. The van der Waals surface area contributed by atoms with Crippen LogP contribution in [0.25, 0.3) is 0 Å². The quantitative estimate of drug-likeness (QED) is 0.653. The number of carbonyl (C=O) groups is 1. The normalized spacial score (nSPS) is 10.4. The Morgan fingerprint density at radius 1 is 1.47 bits per heavy atom. The van der Waals surface area contributed by atoms with Crippen LogP contribution >= 0.6 is 0 Å². The van der Waals surface area contributed by atoms with Crippen molar-refractivity contribution >= 4 is 11.7 Å². The van der Waals surface area contributed by atoms with E-state index >= 15 is 0 Å². The molecule has 1 N–H and O–H groups in total. The maximum absolute atomic E-state index is 13.4. The number of carboxylic acids is 1. The van der Waals surface area contributed by atoms with Gasteiger partial charge in [0.05, 0.1) is 10.5 Å². The van der Waals surface area contributed by atoms with Gasteiger partial charge in [0.1, 0.15) is 0 Å². The largest absolute Gasteiger partial charge is 0.478 e. The number of rotatable bonds is 4. The van der Waals surface area contributed by atoms with Crippen molar-refractivity contribution < 1.29 is 32.7 Å². The minimum absolute atomic E-state index is 0.574. The van der Waals surface area contributed by atoms with E-state index in [1.165, 1.54) is 0 Å². The van der Waals surface area contributed by atoms with Crippen molar-refractivity contribution in [3.63, 3.8) is 0 Å². The second-order valence-corrected chi connectivity index (χ2v) is 2.72. The molecule has 0 unspecified atom stereocenters. The van der Waals surface area contributed by atoms with E-state index in [0.29, 0.717) is 12.1 Å². The first-order valence-corrected chi connectivity index (χ1v) is 3.99. The van der Waals surface area contributed by atoms with Crippen LogP contribution in [0, 0.1) is 15.9 Å². The molecule has 92 valence electrons.